The Bertz CT molecular complexity index is 686. The maximum Gasteiger partial charge on any atom is 0.279 e. The van der Waals surface area contributed by atoms with Gasteiger partial charge in [0, 0.05) is 0 Å². The topological polar surface area (TPSA) is 76.7 Å². The van der Waals surface area contributed by atoms with Crippen LogP contribution < -0.4 is 20.3 Å². The molecule has 6 nitrogen and oxygen atoms in total. The number of hydrogen-bond donors (Lipinski definition) is 2. The number of para-hydroxylation sites is 1. The van der Waals surface area contributed by atoms with Crippen LogP contribution in [0, 0.1) is 0 Å². The molecule has 0 aliphatic carbocycles. The van der Waals surface area contributed by atoms with Crippen molar-refractivity contribution in [3.8, 4) is 11.5 Å². The van der Waals surface area contributed by atoms with Gasteiger partial charge in [0.25, 0.3) is 11.8 Å². The summed E-state index contributed by atoms with van der Waals surface area (Å²) in [5, 5.41) is 0. The predicted octanol–water partition coefficient (Wildman–Crippen LogP) is 2.24. The van der Waals surface area contributed by atoms with Crippen molar-refractivity contribution in [2.45, 2.75) is 26.4 Å². The molecule has 0 heterocycles. The molecule has 2 rings (SSSR count). The third-order valence-corrected chi connectivity index (χ3v) is 3.45. The summed E-state index contributed by atoms with van der Waals surface area (Å²) in [6.07, 6.45) is 0.191. The second-order valence-electron chi connectivity index (χ2n) is 5.40. The molecule has 0 aliphatic heterocycles. The van der Waals surface area contributed by atoms with Crippen LogP contribution in [-0.2, 0) is 16.0 Å². The number of hydrogen-bond acceptors (Lipinski definition) is 4. The SMILES string of the molecule is CCc1ccc(OC(C)C(=O)NNC(=O)COc2ccccc2)cc1. The number of nitrogens with one attached hydrogen (secondary N) is 2. The Labute approximate surface area is 147 Å². The summed E-state index contributed by atoms with van der Waals surface area (Å²) in [6.45, 7) is 3.48. The van der Waals surface area contributed by atoms with Crippen molar-refractivity contribution in [2.75, 3.05) is 6.61 Å². The van der Waals surface area contributed by atoms with Gasteiger partial charge in [-0.15, -0.1) is 0 Å². The minimum Gasteiger partial charge on any atom is -0.484 e. The van der Waals surface area contributed by atoms with Gasteiger partial charge in [0.2, 0.25) is 0 Å². The zero-order chi connectivity index (χ0) is 18.1. The monoisotopic (exact) mass is 342 g/mol. The van der Waals surface area contributed by atoms with Gasteiger partial charge in [0.15, 0.2) is 12.7 Å². The van der Waals surface area contributed by atoms with E-state index in [-0.39, 0.29) is 6.61 Å². The Morgan fingerprint density at radius 2 is 1.64 bits per heavy atom. The molecule has 2 aromatic carbocycles. The number of carbonyl (C=O) groups excluding carboxylic acids is 2. The highest BCUT2D eigenvalue weighted by atomic mass is 16.5. The molecule has 0 spiro atoms. The highest BCUT2D eigenvalue weighted by Gasteiger charge is 2.15. The van der Waals surface area contributed by atoms with Crippen molar-refractivity contribution in [3.05, 3.63) is 60.2 Å². The molecular weight excluding hydrogens is 320 g/mol. The average Bonchev–Trinajstić information content (AvgIpc) is 2.65. The third-order valence-electron chi connectivity index (χ3n) is 3.45. The zero-order valence-electron chi connectivity index (χ0n) is 14.3. The molecule has 1 atom stereocenters. The van der Waals surface area contributed by atoms with Crippen LogP contribution >= 0.6 is 0 Å². The number of hydrazine groups is 1. The molecule has 0 bridgehead atoms. The molecule has 6 heteroatoms. The lowest BCUT2D eigenvalue weighted by molar-refractivity contribution is -0.133. The van der Waals surface area contributed by atoms with E-state index in [4.69, 9.17) is 9.47 Å². The van der Waals surface area contributed by atoms with E-state index in [2.05, 4.69) is 17.8 Å². The van der Waals surface area contributed by atoms with Gasteiger partial charge in [-0.1, -0.05) is 37.3 Å². The van der Waals surface area contributed by atoms with Gasteiger partial charge in [-0.3, -0.25) is 20.4 Å². The fraction of sp³-hybridized carbons (Fsp3) is 0.263. The molecule has 0 aliphatic rings. The van der Waals surface area contributed by atoms with E-state index in [0.717, 1.165) is 6.42 Å². The van der Waals surface area contributed by atoms with Crippen molar-refractivity contribution in [1.29, 1.82) is 0 Å². The summed E-state index contributed by atoms with van der Waals surface area (Å²) in [5.74, 6) is 0.263. The lowest BCUT2D eigenvalue weighted by Gasteiger charge is -2.15. The van der Waals surface area contributed by atoms with Crippen LogP contribution in [0.5, 0.6) is 11.5 Å². The van der Waals surface area contributed by atoms with E-state index in [1.54, 1.807) is 31.2 Å². The smallest absolute Gasteiger partial charge is 0.279 e. The molecule has 0 radical (unpaired) electrons. The molecule has 25 heavy (non-hydrogen) atoms. The first kappa shape index (κ1) is 18.3. The van der Waals surface area contributed by atoms with Gasteiger partial charge in [0.05, 0.1) is 0 Å². The van der Waals surface area contributed by atoms with Crippen LogP contribution in [0.1, 0.15) is 19.4 Å². The van der Waals surface area contributed by atoms with Crippen LogP contribution in [0.3, 0.4) is 0 Å². The van der Waals surface area contributed by atoms with E-state index in [0.29, 0.717) is 11.5 Å². The van der Waals surface area contributed by atoms with Gasteiger partial charge in [-0.05, 0) is 43.2 Å². The van der Waals surface area contributed by atoms with Crippen LogP contribution in [0.15, 0.2) is 54.6 Å². The molecule has 0 saturated carbocycles. The van der Waals surface area contributed by atoms with Crippen LogP contribution in [0.2, 0.25) is 0 Å². The fourth-order valence-corrected chi connectivity index (χ4v) is 2.00. The van der Waals surface area contributed by atoms with E-state index in [9.17, 15) is 9.59 Å². The predicted molar refractivity (Wildman–Crippen MR) is 94.1 cm³/mol. The third kappa shape index (κ3) is 6.18. The molecule has 0 fully saturated rings. The zero-order valence-corrected chi connectivity index (χ0v) is 14.3. The number of benzene rings is 2. The van der Waals surface area contributed by atoms with Crippen molar-refractivity contribution in [3.63, 3.8) is 0 Å². The first-order chi connectivity index (χ1) is 12.1. The minimum absolute atomic E-state index is 0.196. The highest BCUT2D eigenvalue weighted by Crippen LogP contribution is 2.14. The summed E-state index contributed by atoms with van der Waals surface area (Å²) in [7, 11) is 0. The molecule has 1 unspecified atom stereocenters. The number of carbonyl (C=O) groups is 2. The van der Waals surface area contributed by atoms with Crippen molar-refractivity contribution in [1.82, 2.24) is 10.9 Å². The summed E-state index contributed by atoms with van der Waals surface area (Å²) < 4.78 is 10.8. The highest BCUT2D eigenvalue weighted by molar-refractivity contribution is 5.85. The van der Waals surface area contributed by atoms with Gasteiger partial charge in [-0.25, -0.2) is 0 Å². The van der Waals surface area contributed by atoms with E-state index in [1.165, 1.54) is 5.56 Å². The van der Waals surface area contributed by atoms with Crippen molar-refractivity contribution in [2.24, 2.45) is 0 Å². The Kier molecular flexibility index (Phi) is 6.83. The summed E-state index contributed by atoms with van der Waals surface area (Å²) >= 11 is 0. The summed E-state index contributed by atoms with van der Waals surface area (Å²) in [6, 6.07) is 16.5. The maximum absolute atomic E-state index is 12.0. The first-order valence-electron chi connectivity index (χ1n) is 8.10. The molecule has 0 aromatic heterocycles. The molecule has 0 saturated heterocycles. The largest absolute Gasteiger partial charge is 0.484 e. The Balaban J connectivity index is 1.71. The van der Waals surface area contributed by atoms with Gasteiger partial charge < -0.3 is 9.47 Å². The number of rotatable bonds is 7. The van der Waals surface area contributed by atoms with E-state index in [1.807, 2.05) is 30.3 Å². The Morgan fingerprint density at radius 1 is 0.960 bits per heavy atom. The fourth-order valence-electron chi connectivity index (χ4n) is 2.00. The Hall–Kier alpha value is -3.02. The number of amides is 2. The summed E-state index contributed by atoms with van der Waals surface area (Å²) in [5.41, 5.74) is 5.80. The quantitative estimate of drug-likeness (QED) is 0.757. The summed E-state index contributed by atoms with van der Waals surface area (Å²) in [4.78, 5) is 23.6. The second-order valence-corrected chi connectivity index (χ2v) is 5.40. The maximum atomic E-state index is 12.0. The molecule has 2 aromatic rings. The normalized spacial score (nSPS) is 11.3. The molecule has 2 N–H and O–H groups in total. The Morgan fingerprint density at radius 3 is 2.28 bits per heavy atom. The lowest BCUT2D eigenvalue weighted by Crippen LogP contribution is -2.48. The number of aryl methyl sites for hydroxylation is 1. The van der Waals surface area contributed by atoms with Crippen molar-refractivity contribution < 1.29 is 19.1 Å². The molecule has 2 amide bonds. The molecule has 132 valence electrons. The first-order valence-corrected chi connectivity index (χ1v) is 8.10. The van der Waals surface area contributed by atoms with Crippen LogP contribution in [0.25, 0.3) is 0 Å². The van der Waals surface area contributed by atoms with Crippen LogP contribution in [-0.4, -0.2) is 24.5 Å². The second kappa shape index (κ2) is 9.32. The van der Waals surface area contributed by atoms with Gasteiger partial charge in [0.1, 0.15) is 11.5 Å². The standard InChI is InChI=1S/C19H22N2O4/c1-3-15-9-11-17(12-10-15)25-14(2)19(23)21-20-18(22)13-24-16-7-5-4-6-8-16/h4-12,14H,3,13H2,1-2H3,(H,20,22)(H,21,23). The lowest BCUT2D eigenvalue weighted by atomic mass is 10.2. The van der Waals surface area contributed by atoms with Crippen LogP contribution in [0.4, 0.5) is 0 Å². The van der Waals surface area contributed by atoms with E-state index >= 15 is 0 Å². The minimum atomic E-state index is -0.747. The van der Waals surface area contributed by atoms with E-state index < -0.39 is 17.9 Å². The van der Waals surface area contributed by atoms with Gasteiger partial charge in [-0.2, -0.15) is 0 Å². The van der Waals surface area contributed by atoms with Crippen molar-refractivity contribution >= 4 is 11.8 Å². The number of ether oxygens (including phenoxy) is 2. The van der Waals surface area contributed by atoms with Gasteiger partial charge >= 0.3 is 0 Å². The average molecular weight is 342 g/mol. The molecular formula is C19H22N2O4.